The molecule has 1 heterocycles. The molecule has 0 aromatic carbocycles. The van der Waals surface area contributed by atoms with E-state index in [1.165, 1.54) is 0 Å². The third kappa shape index (κ3) is 5.49. The highest BCUT2D eigenvalue weighted by Gasteiger charge is 2.25. The number of rotatable bonds is 7. The highest BCUT2D eigenvalue weighted by atomic mass is 16.5. The molecule has 5 nitrogen and oxygen atoms in total. The highest BCUT2D eigenvalue weighted by Crippen LogP contribution is 2.19. The van der Waals surface area contributed by atoms with E-state index in [2.05, 4.69) is 4.90 Å². The first-order chi connectivity index (χ1) is 8.63. The molecule has 0 bridgehead atoms. The third-order valence-corrected chi connectivity index (χ3v) is 3.32. The van der Waals surface area contributed by atoms with E-state index in [0.29, 0.717) is 6.61 Å². The van der Waals surface area contributed by atoms with Crippen LogP contribution in [-0.2, 0) is 14.3 Å². The minimum atomic E-state index is -0.726. The van der Waals surface area contributed by atoms with Crippen LogP contribution in [-0.4, -0.2) is 48.2 Å². The van der Waals surface area contributed by atoms with Gasteiger partial charge in [0.05, 0.1) is 12.5 Å². The zero-order valence-corrected chi connectivity index (χ0v) is 11.1. The topological polar surface area (TPSA) is 66.8 Å². The lowest BCUT2D eigenvalue weighted by molar-refractivity contribution is -0.149. The number of carbonyl (C=O) groups is 2. The van der Waals surface area contributed by atoms with Gasteiger partial charge in [-0.05, 0) is 52.2 Å². The Kier molecular flexibility index (Phi) is 6.72. The van der Waals surface area contributed by atoms with Gasteiger partial charge in [0.1, 0.15) is 0 Å². The summed E-state index contributed by atoms with van der Waals surface area (Å²) in [7, 11) is 0. The van der Waals surface area contributed by atoms with Crippen LogP contribution in [0.4, 0.5) is 0 Å². The summed E-state index contributed by atoms with van der Waals surface area (Å²) in [5.74, 6) is -0.737. The Hall–Kier alpha value is -1.10. The number of carboxylic acids is 1. The minimum absolute atomic E-state index is 0.0558. The van der Waals surface area contributed by atoms with Crippen molar-refractivity contribution in [2.75, 3.05) is 26.2 Å². The average molecular weight is 257 g/mol. The van der Waals surface area contributed by atoms with Gasteiger partial charge in [0.2, 0.25) is 0 Å². The normalized spacial score (nSPS) is 17.6. The molecule has 104 valence electrons. The molecule has 0 spiro atoms. The number of ether oxygens (including phenoxy) is 1. The summed E-state index contributed by atoms with van der Waals surface area (Å²) < 4.78 is 5.02. The fraction of sp³-hybridized carbons (Fsp3) is 0.846. The van der Waals surface area contributed by atoms with Gasteiger partial charge in [-0.2, -0.15) is 0 Å². The van der Waals surface area contributed by atoms with Crippen LogP contribution < -0.4 is 0 Å². The summed E-state index contributed by atoms with van der Waals surface area (Å²) in [6.07, 6.45) is 3.61. The predicted octanol–water partition coefficient (Wildman–Crippen LogP) is 1.52. The van der Waals surface area contributed by atoms with E-state index in [-0.39, 0.29) is 18.3 Å². The first kappa shape index (κ1) is 15.0. The number of carbonyl (C=O) groups excluding carboxylic acids is 1. The number of hydrogen-bond acceptors (Lipinski definition) is 4. The van der Waals surface area contributed by atoms with Gasteiger partial charge in [-0.25, -0.2) is 0 Å². The fourth-order valence-corrected chi connectivity index (χ4v) is 2.26. The number of piperidine rings is 1. The van der Waals surface area contributed by atoms with Gasteiger partial charge < -0.3 is 14.7 Å². The van der Waals surface area contributed by atoms with Crippen molar-refractivity contribution in [1.29, 1.82) is 0 Å². The lowest BCUT2D eigenvalue weighted by Gasteiger charge is -2.30. The van der Waals surface area contributed by atoms with E-state index in [1.54, 1.807) is 0 Å². The zero-order chi connectivity index (χ0) is 13.4. The number of unbranched alkanes of at least 4 members (excludes halogenated alkanes) is 1. The van der Waals surface area contributed by atoms with E-state index >= 15 is 0 Å². The van der Waals surface area contributed by atoms with Crippen LogP contribution in [0.15, 0.2) is 0 Å². The SMILES string of the molecule is CCOC(=O)C1CCN(CCCCC(=O)O)CC1. The molecular weight excluding hydrogens is 234 g/mol. The third-order valence-electron chi connectivity index (χ3n) is 3.32. The molecule has 0 aromatic rings. The van der Waals surface area contributed by atoms with Gasteiger partial charge in [0.25, 0.3) is 0 Å². The predicted molar refractivity (Wildman–Crippen MR) is 67.3 cm³/mol. The Bertz CT molecular complexity index is 272. The van der Waals surface area contributed by atoms with Crippen molar-refractivity contribution in [1.82, 2.24) is 4.90 Å². The Labute approximate surface area is 108 Å². The molecule has 0 atom stereocenters. The average Bonchev–Trinajstić information content (AvgIpc) is 2.35. The summed E-state index contributed by atoms with van der Waals surface area (Å²) in [4.78, 5) is 24.2. The zero-order valence-electron chi connectivity index (χ0n) is 11.1. The maximum atomic E-state index is 11.5. The van der Waals surface area contributed by atoms with Gasteiger partial charge in [0.15, 0.2) is 0 Å². The number of likely N-dealkylation sites (tertiary alicyclic amines) is 1. The van der Waals surface area contributed by atoms with Crippen molar-refractivity contribution in [3.63, 3.8) is 0 Å². The van der Waals surface area contributed by atoms with Crippen molar-refractivity contribution >= 4 is 11.9 Å². The van der Waals surface area contributed by atoms with E-state index in [0.717, 1.165) is 45.3 Å². The van der Waals surface area contributed by atoms with Crippen molar-refractivity contribution in [3.05, 3.63) is 0 Å². The molecule has 0 amide bonds. The minimum Gasteiger partial charge on any atom is -0.481 e. The first-order valence-electron chi connectivity index (χ1n) is 6.74. The number of hydrogen-bond donors (Lipinski definition) is 1. The van der Waals surface area contributed by atoms with Crippen molar-refractivity contribution in [2.45, 2.75) is 39.0 Å². The van der Waals surface area contributed by atoms with Crippen molar-refractivity contribution < 1.29 is 19.4 Å². The second-order valence-electron chi connectivity index (χ2n) is 4.72. The maximum Gasteiger partial charge on any atom is 0.309 e. The molecule has 1 aliphatic rings. The molecule has 1 N–H and O–H groups in total. The second-order valence-corrected chi connectivity index (χ2v) is 4.72. The van der Waals surface area contributed by atoms with Crippen molar-refractivity contribution in [3.8, 4) is 0 Å². The second kappa shape index (κ2) is 8.08. The van der Waals surface area contributed by atoms with Crippen LogP contribution in [0.5, 0.6) is 0 Å². The molecule has 1 aliphatic heterocycles. The lowest BCUT2D eigenvalue weighted by Crippen LogP contribution is -2.37. The molecule has 1 rings (SSSR count). The van der Waals surface area contributed by atoms with Crippen LogP contribution in [0.3, 0.4) is 0 Å². The van der Waals surface area contributed by atoms with Gasteiger partial charge in [-0.15, -0.1) is 0 Å². The summed E-state index contributed by atoms with van der Waals surface area (Å²) in [5.41, 5.74) is 0. The largest absolute Gasteiger partial charge is 0.481 e. The fourth-order valence-electron chi connectivity index (χ4n) is 2.26. The molecule has 0 aliphatic carbocycles. The number of carboxylic acid groups (broad SMARTS) is 1. The summed E-state index contributed by atoms with van der Waals surface area (Å²) >= 11 is 0. The standard InChI is InChI=1S/C13H23NO4/c1-2-18-13(17)11-6-9-14(10-7-11)8-4-3-5-12(15)16/h11H,2-10H2,1H3,(H,15,16). The number of esters is 1. The van der Waals surface area contributed by atoms with E-state index in [9.17, 15) is 9.59 Å². The van der Waals surface area contributed by atoms with Gasteiger partial charge >= 0.3 is 11.9 Å². The Morgan fingerprint density at radius 3 is 2.50 bits per heavy atom. The van der Waals surface area contributed by atoms with Gasteiger partial charge in [0, 0.05) is 6.42 Å². The first-order valence-corrected chi connectivity index (χ1v) is 6.74. The van der Waals surface area contributed by atoms with Crippen LogP contribution in [0, 0.1) is 5.92 Å². The number of nitrogens with zero attached hydrogens (tertiary/aromatic N) is 1. The summed E-state index contributed by atoms with van der Waals surface area (Å²) in [5, 5.41) is 8.53. The van der Waals surface area contributed by atoms with E-state index in [4.69, 9.17) is 9.84 Å². The quantitative estimate of drug-likeness (QED) is 0.553. The van der Waals surface area contributed by atoms with Gasteiger partial charge in [-0.1, -0.05) is 0 Å². The van der Waals surface area contributed by atoms with E-state index < -0.39 is 5.97 Å². The van der Waals surface area contributed by atoms with Crippen molar-refractivity contribution in [2.24, 2.45) is 5.92 Å². The molecule has 0 saturated carbocycles. The Morgan fingerprint density at radius 2 is 1.94 bits per heavy atom. The molecular formula is C13H23NO4. The molecule has 0 unspecified atom stereocenters. The molecule has 1 fully saturated rings. The Morgan fingerprint density at radius 1 is 1.28 bits per heavy atom. The summed E-state index contributed by atoms with van der Waals surface area (Å²) in [6, 6.07) is 0. The Balaban J connectivity index is 2.11. The monoisotopic (exact) mass is 257 g/mol. The number of aliphatic carboxylic acids is 1. The molecule has 0 radical (unpaired) electrons. The lowest BCUT2D eigenvalue weighted by atomic mass is 9.97. The van der Waals surface area contributed by atoms with Gasteiger partial charge in [-0.3, -0.25) is 9.59 Å². The molecule has 1 saturated heterocycles. The van der Waals surface area contributed by atoms with Crippen LogP contribution in [0.1, 0.15) is 39.0 Å². The maximum absolute atomic E-state index is 11.5. The molecule has 0 aromatic heterocycles. The highest BCUT2D eigenvalue weighted by molar-refractivity contribution is 5.72. The van der Waals surface area contributed by atoms with Crippen LogP contribution >= 0.6 is 0 Å². The molecule has 18 heavy (non-hydrogen) atoms. The summed E-state index contributed by atoms with van der Waals surface area (Å²) in [6.45, 7) is 5.04. The van der Waals surface area contributed by atoms with Crippen LogP contribution in [0.2, 0.25) is 0 Å². The van der Waals surface area contributed by atoms with E-state index in [1.807, 2.05) is 6.92 Å². The molecule has 5 heteroatoms. The smallest absolute Gasteiger partial charge is 0.309 e. The van der Waals surface area contributed by atoms with Crippen LogP contribution in [0.25, 0.3) is 0 Å².